The Morgan fingerprint density at radius 2 is 1.48 bits per heavy atom. The van der Waals surface area contributed by atoms with E-state index in [-0.39, 0.29) is 17.7 Å². The maximum atomic E-state index is 13.5. The average molecular weight is 479 g/mol. The molecule has 33 heavy (non-hydrogen) atoms. The third-order valence-electron chi connectivity index (χ3n) is 7.12. The zero-order chi connectivity index (χ0) is 24.3. The van der Waals surface area contributed by atoms with Gasteiger partial charge in [0.2, 0.25) is 21.8 Å². The Morgan fingerprint density at radius 3 is 2.00 bits per heavy atom. The smallest absolute Gasteiger partial charge is 0.243 e. The van der Waals surface area contributed by atoms with Gasteiger partial charge in [-0.05, 0) is 69.7 Å². The lowest BCUT2D eigenvalue weighted by Gasteiger charge is -2.38. The number of sulfonamides is 1. The Morgan fingerprint density at radius 1 is 0.939 bits per heavy atom. The van der Waals surface area contributed by atoms with Crippen LogP contribution in [0.5, 0.6) is 0 Å². The van der Waals surface area contributed by atoms with Crippen molar-refractivity contribution in [1.29, 1.82) is 0 Å². The number of aryl methyl sites for hydroxylation is 2. The van der Waals surface area contributed by atoms with Gasteiger partial charge in [0.15, 0.2) is 0 Å². The van der Waals surface area contributed by atoms with E-state index in [0.29, 0.717) is 70.1 Å². The van der Waals surface area contributed by atoms with E-state index in [9.17, 15) is 18.0 Å². The van der Waals surface area contributed by atoms with Gasteiger partial charge in [0.05, 0.1) is 11.4 Å². The van der Waals surface area contributed by atoms with E-state index < -0.39 is 10.0 Å². The van der Waals surface area contributed by atoms with Crippen molar-refractivity contribution in [1.82, 2.24) is 19.4 Å². The molecule has 2 saturated heterocycles. The van der Waals surface area contributed by atoms with Gasteiger partial charge < -0.3 is 10.2 Å². The van der Waals surface area contributed by atoms with E-state index in [1.807, 2.05) is 45.6 Å². The van der Waals surface area contributed by atoms with E-state index >= 15 is 0 Å². The van der Waals surface area contributed by atoms with Crippen molar-refractivity contribution in [3.63, 3.8) is 0 Å². The minimum atomic E-state index is -3.60. The molecule has 2 fully saturated rings. The van der Waals surface area contributed by atoms with E-state index in [1.165, 1.54) is 0 Å². The molecule has 2 aliphatic rings. The molecule has 0 aromatic heterocycles. The molecule has 0 unspecified atom stereocenters. The number of likely N-dealkylation sites (N-methyl/N-ethyl adjacent to an activating group) is 1. The molecule has 1 aromatic carbocycles. The van der Waals surface area contributed by atoms with Crippen molar-refractivity contribution < 1.29 is 18.0 Å². The van der Waals surface area contributed by atoms with Crippen LogP contribution < -0.4 is 5.32 Å². The molecule has 1 N–H and O–H groups in total. The van der Waals surface area contributed by atoms with Crippen molar-refractivity contribution in [3.05, 3.63) is 28.3 Å². The van der Waals surface area contributed by atoms with Crippen LogP contribution in [0.25, 0.3) is 0 Å². The molecule has 3 rings (SSSR count). The first-order valence-corrected chi connectivity index (χ1v) is 13.4. The van der Waals surface area contributed by atoms with Crippen LogP contribution in [0.15, 0.2) is 11.0 Å². The molecule has 9 heteroatoms. The third kappa shape index (κ3) is 5.58. The summed E-state index contributed by atoms with van der Waals surface area (Å²) in [5, 5.41) is 2.80. The van der Waals surface area contributed by atoms with Crippen LogP contribution in [0.1, 0.15) is 42.0 Å². The molecule has 184 valence electrons. The van der Waals surface area contributed by atoms with Crippen molar-refractivity contribution in [3.8, 4) is 0 Å². The van der Waals surface area contributed by atoms with Crippen LogP contribution in [0.2, 0.25) is 0 Å². The van der Waals surface area contributed by atoms with Crippen LogP contribution in [-0.4, -0.2) is 86.7 Å². The molecule has 0 radical (unpaired) electrons. The van der Waals surface area contributed by atoms with Crippen LogP contribution in [0, 0.1) is 33.6 Å². The van der Waals surface area contributed by atoms with Gasteiger partial charge in [-0.15, -0.1) is 0 Å². The molecule has 2 amide bonds. The maximum absolute atomic E-state index is 13.5. The minimum absolute atomic E-state index is 0.0140. The fourth-order valence-electron chi connectivity index (χ4n) is 4.88. The molecule has 0 saturated carbocycles. The Balaban J connectivity index is 1.58. The summed E-state index contributed by atoms with van der Waals surface area (Å²) in [5.41, 5.74) is 3.57. The zero-order valence-corrected chi connectivity index (χ0v) is 21.4. The summed E-state index contributed by atoms with van der Waals surface area (Å²) in [6, 6.07) is 2.03. The van der Waals surface area contributed by atoms with Crippen molar-refractivity contribution in [2.75, 3.05) is 52.4 Å². The highest BCUT2D eigenvalue weighted by Gasteiger charge is 2.36. The second-order valence-corrected chi connectivity index (χ2v) is 11.2. The highest BCUT2D eigenvalue weighted by atomic mass is 32.2. The van der Waals surface area contributed by atoms with Gasteiger partial charge in [0.25, 0.3) is 0 Å². The third-order valence-corrected chi connectivity index (χ3v) is 9.30. The number of hydrogen-bond acceptors (Lipinski definition) is 5. The first-order valence-electron chi connectivity index (χ1n) is 11.9. The maximum Gasteiger partial charge on any atom is 0.243 e. The molecule has 1 aromatic rings. The molecule has 8 nitrogen and oxygen atoms in total. The SMILES string of the molecule is CCNC(=O)CN1CCN(C(=O)C2CCN(S(=O)(=O)c3c(C)c(C)cc(C)c3C)CC2)CC1. The second-order valence-electron chi connectivity index (χ2n) is 9.32. The largest absolute Gasteiger partial charge is 0.355 e. The number of piperazine rings is 1. The van der Waals surface area contributed by atoms with E-state index in [2.05, 4.69) is 10.2 Å². The zero-order valence-electron chi connectivity index (χ0n) is 20.6. The summed E-state index contributed by atoms with van der Waals surface area (Å²) in [7, 11) is -3.60. The quantitative estimate of drug-likeness (QED) is 0.671. The number of carbonyl (C=O) groups excluding carboxylic acids is 2. The number of amides is 2. The summed E-state index contributed by atoms with van der Waals surface area (Å²) in [6.07, 6.45) is 1.08. The van der Waals surface area contributed by atoms with Gasteiger partial charge in [-0.3, -0.25) is 14.5 Å². The molecule has 0 spiro atoms. The Hall–Kier alpha value is -1.97. The molecule has 2 heterocycles. The predicted octanol–water partition coefficient (Wildman–Crippen LogP) is 1.60. The van der Waals surface area contributed by atoms with Gasteiger partial charge in [0.1, 0.15) is 0 Å². The van der Waals surface area contributed by atoms with Crippen molar-refractivity contribution in [2.45, 2.75) is 52.4 Å². The number of benzene rings is 1. The first-order chi connectivity index (χ1) is 15.6. The standard InChI is InChI=1S/C24H38N4O4S/c1-6-25-22(29)16-26-11-13-27(14-12-26)24(30)21-7-9-28(10-8-21)33(31,32)23-19(4)17(2)15-18(3)20(23)5/h15,21H,6-14,16H2,1-5H3,(H,25,29). The molecule has 0 bridgehead atoms. The number of hydrogen-bond donors (Lipinski definition) is 1. The summed E-state index contributed by atoms with van der Waals surface area (Å²) in [4.78, 5) is 29.2. The van der Waals surface area contributed by atoms with E-state index in [0.717, 1.165) is 22.3 Å². The van der Waals surface area contributed by atoms with Crippen LogP contribution in [-0.2, 0) is 19.6 Å². The second kappa shape index (κ2) is 10.5. The molecule has 2 aliphatic heterocycles. The summed E-state index contributed by atoms with van der Waals surface area (Å²) in [5.74, 6) is -0.0172. The summed E-state index contributed by atoms with van der Waals surface area (Å²) in [6.45, 7) is 13.8. The monoisotopic (exact) mass is 478 g/mol. The molecule has 0 aliphatic carbocycles. The van der Waals surface area contributed by atoms with Crippen LogP contribution in [0.3, 0.4) is 0 Å². The fourth-order valence-corrected chi connectivity index (χ4v) is 6.93. The van der Waals surface area contributed by atoms with Gasteiger partial charge in [0, 0.05) is 51.7 Å². The minimum Gasteiger partial charge on any atom is -0.355 e. The van der Waals surface area contributed by atoms with E-state index in [1.54, 1.807) is 4.31 Å². The molecular weight excluding hydrogens is 440 g/mol. The number of nitrogens with one attached hydrogen (secondary N) is 1. The normalized spacial score (nSPS) is 19.0. The number of carbonyl (C=O) groups is 2. The number of rotatable bonds is 6. The predicted molar refractivity (Wildman–Crippen MR) is 129 cm³/mol. The van der Waals surface area contributed by atoms with Crippen molar-refractivity contribution >= 4 is 21.8 Å². The number of nitrogens with zero attached hydrogens (tertiary/aromatic N) is 3. The highest BCUT2D eigenvalue weighted by molar-refractivity contribution is 7.89. The Kier molecular flexibility index (Phi) is 8.18. The Labute approximate surface area is 198 Å². The van der Waals surface area contributed by atoms with Crippen molar-refractivity contribution in [2.24, 2.45) is 5.92 Å². The molecular formula is C24H38N4O4S. The van der Waals surface area contributed by atoms with E-state index in [4.69, 9.17) is 0 Å². The highest BCUT2D eigenvalue weighted by Crippen LogP contribution is 2.31. The van der Waals surface area contributed by atoms with Gasteiger partial charge in [-0.2, -0.15) is 4.31 Å². The van der Waals surface area contributed by atoms with Crippen LogP contribution >= 0.6 is 0 Å². The van der Waals surface area contributed by atoms with Gasteiger partial charge in [-0.25, -0.2) is 8.42 Å². The topological polar surface area (TPSA) is 90.0 Å². The Bertz CT molecular complexity index is 966. The summed E-state index contributed by atoms with van der Waals surface area (Å²) >= 11 is 0. The lowest BCUT2D eigenvalue weighted by Crippen LogP contribution is -2.53. The lowest BCUT2D eigenvalue weighted by atomic mass is 9.96. The first kappa shape index (κ1) is 25.6. The average Bonchev–Trinajstić information content (AvgIpc) is 2.78. The summed E-state index contributed by atoms with van der Waals surface area (Å²) < 4.78 is 28.5. The van der Waals surface area contributed by atoms with Gasteiger partial charge in [-0.1, -0.05) is 6.07 Å². The van der Waals surface area contributed by atoms with Crippen LogP contribution in [0.4, 0.5) is 0 Å². The number of piperidine rings is 1. The lowest BCUT2D eigenvalue weighted by molar-refractivity contribution is -0.138. The fraction of sp³-hybridized carbons (Fsp3) is 0.667. The molecule has 0 atom stereocenters. The van der Waals surface area contributed by atoms with Gasteiger partial charge >= 0.3 is 0 Å².